The van der Waals surface area contributed by atoms with E-state index in [1.54, 1.807) is 0 Å². The molecule has 7 rings (SSSR count). The van der Waals surface area contributed by atoms with Gasteiger partial charge >= 0.3 is 21.1 Å². The Morgan fingerprint density at radius 3 is 1.59 bits per heavy atom. The first-order valence-electron chi connectivity index (χ1n) is 13.1. The molecule has 0 aliphatic rings. The monoisotopic (exact) mass is 685 g/mol. The molecule has 4 heterocycles. The number of imidazole rings is 2. The van der Waals surface area contributed by atoms with Crippen molar-refractivity contribution >= 4 is 56.2 Å². The molecule has 4 aromatic heterocycles. The number of hydrogen-bond acceptors (Lipinski definition) is 2. The van der Waals surface area contributed by atoms with E-state index in [0.717, 1.165) is 55.4 Å². The van der Waals surface area contributed by atoms with Crippen molar-refractivity contribution in [2.75, 3.05) is 0 Å². The molecule has 3 aromatic carbocycles. The quantitative estimate of drug-likeness (QED) is 0.195. The Labute approximate surface area is 243 Å². The summed E-state index contributed by atoms with van der Waals surface area (Å²) in [6.07, 6.45) is 4.25. The van der Waals surface area contributed by atoms with Gasteiger partial charge in [0, 0.05) is 22.6 Å². The predicted molar refractivity (Wildman–Crippen MR) is 158 cm³/mol. The topological polar surface area (TPSA) is 34.6 Å². The van der Waals surface area contributed by atoms with Crippen LogP contribution in [0.25, 0.3) is 32.8 Å². The Balaban J connectivity index is 0.00000277. The molecule has 0 aliphatic carbocycles. The van der Waals surface area contributed by atoms with Crippen LogP contribution in [0.1, 0.15) is 28.1 Å². The van der Waals surface area contributed by atoms with Gasteiger partial charge in [0.1, 0.15) is 0 Å². The summed E-state index contributed by atoms with van der Waals surface area (Å²) in [5.74, 6) is 0. The van der Waals surface area contributed by atoms with Crippen molar-refractivity contribution in [2.24, 2.45) is 0 Å². The minimum absolute atomic E-state index is 0. The third-order valence-corrected chi connectivity index (χ3v) is 7.98. The van der Waals surface area contributed by atoms with E-state index >= 15 is 0 Å². The van der Waals surface area contributed by atoms with Gasteiger partial charge in [-0.05, 0) is 47.0 Å². The molecule has 0 spiro atoms. The van der Waals surface area contributed by atoms with Gasteiger partial charge in [-0.2, -0.15) is 0 Å². The molecule has 192 valence electrons. The smallest absolute Gasteiger partial charge is 0.345 e. The van der Waals surface area contributed by atoms with E-state index in [1.165, 1.54) is 22.2 Å². The Bertz CT molecular complexity index is 1910. The SMILES string of the molecule is Cc1cc(C)c(B(c2nc3c4[c-]cccc4ccn3c2C)c2nc3c4[c-]cccc4ccn3c2C)c(C)c1.[Pt+2]. The third-order valence-electron chi connectivity index (χ3n) is 7.98. The van der Waals surface area contributed by atoms with Crippen LogP contribution in [0.5, 0.6) is 0 Å². The average Bonchev–Trinajstić information content (AvgIpc) is 3.43. The average molecular weight is 685 g/mol. The van der Waals surface area contributed by atoms with E-state index in [2.05, 4.69) is 104 Å². The van der Waals surface area contributed by atoms with E-state index in [4.69, 9.17) is 9.97 Å². The van der Waals surface area contributed by atoms with Gasteiger partial charge < -0.3 is 8.80 Å². The van der Waals surface area contributed by atoms with Crippen LogP contribution in [-0.2, 0) is 21.1 Å². The second kappa shape index (κ2) is 9.50. The summed E-state index contributed by atoms with van der Waals surface area (Å²) in [4.78, 5) is 10.7. The number of hydrogen-bond donors (Lipinski definition) is 0. The summed E-state index contributed by atoms with van der Waals surface area (Å²) in [6.45, 7) is 10.8. The first-order chi connectivity index (χ1) is 18.4. The summed E-state index contributed by atoms with van der Waals surface area (Å²) in [6, 6.07) is 27.9. The maximum absolute atomic E-state index is 5.35. The summed E-state index contributed by atoms with van der Waals surface area (Å²) >= 11 is 0. The minimum atomic E-state index is -0.118. The number of rotatable bonds is 3. The molecule has 0 N–H and O–H groups in total. The molecule has 0 radical (unpaired) electrons. The normalized spacial score (nSPS) is 11.5. The number of benzene rings is 3. The predicted octanol–water partition coefficient (Wildman–Crippen LogP) is 4.94. The molecular weight excluding hydrogens is 658 g/mol. The van der Waals surface area contributed by atoms with Gasteiger partial charge in [-0.15, -0.1) is 70.1 Å². The fourth-order valence-electron chi connectivity index (χ4n) is 6.25. The van der Waals surface area contributed by atoms with Gasteiger partial charge in [0.25, 0.3) is 6.71 Å². The van der Waals surface area contributed by atoms with Crippen LogP contribution in [0.2, 0.25) is 0 Å². The summed E-state index contributed by atoms with van der Waals surface area (Å²) < 4.78 is 4.41. The van der Waals surface area contributed by atoms with E-state index in [0.29, 0.717) is 0 Å². The molecule has 0 aliphatic heterocycles. The molecule has 0 fully saturated rings. The zero-order chi connectivity index (χ0) is 26.1. The Morgan fingerprint density at radius 1 is 0.667 bits per heavy atom. The minimum Gasteiger partial charge on any atom is -0.345 e. The summed E-state index contributed by atoms with van der Waals surface area (Å²) in [5, 5.41) is 4.35. The van der Waals surface area contributed by atoms with Gasteiger partial charge in [-0.1, -0.05) is 46.4 Å². The summed E-state index contributed by atoms with van der Waals surface area (Å²) in [7, 11) is 0. The number of aromatic nitrogens is 4. The van der Waals surface area contributed by atoms with Crippen LogP contribution in [0.3, 0.4) is 0 Å². The maximum atomic E-state index is 5.35. The van der Waals surface area contributed by atoms with Gasteiger partial charge in [-0.25, -0.2) is 0 Å². The molecule has 7 aromatic rings. The van der Waals surface area contributed by atoms with Crippen molar-refractivity contribution in [3.05, 3.63) is 113 Å². The molecule has 6 heteroatoms. The van der Waals surface area contributed by atoms with Crippen LogP contribution in [0.15, 0.2) is 73.1 Å². The Morgan fingerprint density at radius 2 is 1.13 bits per heavy atom. The van der Waals surface area contributed by atoms with E-state index < -0.39 is 0 Å². The first-order valence-corrected chi connectivity index (χ1v) is 13.1. The molecule has 0 unspecified atom stereocenters. The van der Waals surface area contributed by atoms with Gasteiger partial charge in [0.15, 0.2) is 0 Å². The number of pyridine rings is 2. The zero-order valence-electron chi connectivity index (χ0n) is 22.6. The molecule has 0 amide bonds. The second-order valence-electron chi connectivity index (χ2n) is 10.4. The van der Waals surface area contributed by atoms with Crippen molar-refractivity contribution in [1.29, 1.82) is 0 Å². The van der Waals surface area contributed by atoms with Crippen LogP contribution in [0.4, 0.5) is 0 Å². The van der Waals surface area contributed by atoms with Crippen molar-refractivity contribution in [2.45, 2.75) is 34.6 Å². The third kappa shape index (κ3) is 3.86. The van der Waals surface area contributed by atoms with Crippen LogP contribution in [-0.4, -0.2) is 25.5 Å². The largest absolute Gasteiger partial charge is 2.00 e. The van der Waals surface area contributed by atoms with E-state index in [9.17, 15) is 0 Å². The number of aryl methyl sites for hydroxylation is 5. The van der Waals surface area contributed by atoms with E-state index in [1.807, 2.05) is 24.3 Å². The zero-order valence-corrected chi connectivity index (χ0v) is 24.9. The maximum Gasteiger partial charge on any atom is 2.00 e. The van der Waals surface area contributed by atoms with Crippen LogP contribution in [0, 0.1) is 46.8 Å². The van der Waals surface area contributed by atoms with Gasteiger partial charge in [-0.3, -0.25) is 9.97 Å². The fraction of sp³-hybridized carbons (Fsp3) is 0.152. The fourth-order valence-corrected chi connectivity index (χ4v) is 6.25. The van der Waals surface area contributed by atoms with Crippen LogP contribution >= 0.6 is 0 Å². The Kier molecular flexibility index (Phi) is 6.23. The summed E-state index contributed by atoms with van der Waals surface area (Å²) in [5.41, 5.74) is 11.2. The molecule has 0 bridgehead atoms. The Hall–Kier alpha value is -3.69. The second-order valence-corrected chi connectivity index (χ2v) is 10.4. The van der Waals surface area contributed by atoms with Gasteiger partial charge in [0.2, 0.25) is 0 Å². The molecule has 0 saturated heterocycles. The van der Waals surface area contributed by atoms with Crippen molar-refractivity contribution in [3.8, 4) is 0 Å². The van der Waals surface area contributed by atoms with E-state index in [-0.39, 0.29) is 27.8 Å². The molecule has 0 atom stereocenters. The molecule has 0 saturated carbocycles. The van der Waals surface area contributed by atoms with Crippen molar-refractivity contribution in [1.82, 2.24) is 18.8 Å². The van der Waals surface area contributed by atoms with Crippen molar-refractivity contribution < 1.29 is 21.1 Å². The first kappa shape index (κ1) is 25.6. The molecular formula is C33H27BN4Pt. The molecule has 39 heavy (non-hydrogen) atoms. The number of fused-ring (bicyclic) bond motifs is 6. The standard InChI is InChI=1S/C33H27BN4.Pt/c1-20-18-21(2)29(22(3)19-20)34(30-23(4)37-16-14-25-10-6-8-12-27(25)32(37)35-30)31-24(5)38-17-15-26-11-7-9-13-28(26)33(38)36-31;/h6-11,14-19H,1-5H3;/q-2;+2. The van der Waals surface area contributed by atoms with Crippen LogP contribution < -0.4 is 16.6 Å². The number of nitrogens with zero attached hydrogens (tertiary/aromatic N) is 4. The van der Waals surface area contributed by atoms with Crippen molar-refractivity contribution in [3.63, 3.8) is 0 Å². The molecule has 4 nitrogen and oxygen atoms in total. The van der Waals surface area contributed by atoms with Gasteiger partial charge in [0.05, 0.1) is 11.3 Å².